The molecule has 0 spiro atoms. The first-order chi connectivity index (χ1) is 7.52. The van der Waals surface area contributed by atoms with Crippen LogP contribution in [0.3, 0.4) is 0 Å². The highest BCUT2D eigenvalue weighted by Gasteiger charge is 2.27. The smallest absolute Gasteiger partial charge is 0.225 e. The number of hydrogen-bond donors (Lipinski definition) is 0. The molecule has 1 rings (SSSR count). The lowest BCUT2D eigenvalue weighted by atomic mass is 9.95. The van der Waals surface area contributed by atoms with Gasteiger partial charge in [-0.3, -0.25) is 4.57 Å². The molecule has 0 N–H and O–H groups in total. The molecule has 5 nitrogen and oxygen atoms in total. The van der Waals surface area contributed by atoms with E-state index in [1.54, 1.807) is 11.5 Å². The Morgan fingerprint density at radius 1 is 1.35 bits per heavy atom. The Morgan fingerprint density at radius 2 is 1.88 bits per heavy atom. The van der Waals surface area contributed by atoms with E-state index in [0.29, 0.717) is 5.82 Å². The number of hydrogen-bond acceptors (Lipinski definition) is 4. The van der Waals surface area contributed by atoms with Crippen molar-refractivity contribution in [3.63, 3.8) is 0 Å². The van der Waals surface area contributed by atoms with Crippen molar-refractivity contribution < 1.29 is 8.42 Å². The van der Waals surface area contributed by atoms with Crippen molar-refractivity contribution in [3.8, 4) is 0 Å². The van der Waals surface area contributed by atoms with Crippen molar-refractivity contribution in [2.75, 3.05) is 12.0 Å². The number of nitrogens with zero attached hydrogens (tertiary/aromatic N) is 3. The molecule has 0 fully saturated rings. The van der Waals surface area contributed by atoms with Gasteiger partial charge in [0.25, 0.3) is 0 Å². The molecule has 0 aromatic carbocycles. The van der Waals surface area contributed by atoms with E-state index in [-0.39, 0.29) is 22.5 Å². The highest BCUT2D eigenvalue weighted by atomic mass is 35.5. The molecule has 0 aliphatic carbocycles. The first-order valence-corrected chi connectivity index (χ1v) is 7.75. The predicted octanol–water partition coefficient (Wildman–Crippen LogP) is 1.83. The molecule has 0 bridgehead atoms. The van der Waals surface area contributed by atoms with Crippen LogP contribution in [0.25, 0.3) is 0 Å². The van der Waals surface area contributed by atoms with Gasteiger partial charge >= 0.3 is 0 Å². The van der Waals surface area contributed by atoms with Gasteiger partial charge in [0.2, 0.25) is 5.28 Å². The average Bonchev–Trinajstić information content (AvgIpc) is 2.42. The lowest BCUT2D eigenvalue weighted by molar-refractivity contribution is 0.467. The van der Waals surface area contributed by atoms with Crippen LogP contribution < -0.4 is 0 Å². The van der Waals surface area contributed by atoms with Gasteiger partial charge in [-0.2, -0.15) is 0 Å². The standard InChI is InChI=1S/C10H18ClN3O2S/c1-7(6-17(5,15)16)14-8(10(2,3)4)12-13-9(14)11/h7H,6H2,1-5H3. The molecule has 1 aromatic heterocycles. The summed E-state index contributed by atoms with van der Waals surface area (Å²) in [5.41, 5.74) is -0.230. The quantitative estimate of drug-likeness (QED) is 0.847. The van der Waals surface area contributed by atoms with Crippen LogP contribution in [0.5, 0.6) is 0 Å². The molecular formula is C10H18ClN3O2S. The Hall–Kier alpha value is -0.620. The Balaban J connectivity index is 3.18. The Kier molecular flexibility index (Phi) is 3.88. The monoisotopic (exact) mass is 279 g/mol. The van der Waals surface area contributed by atoms with Gasteiger partial charge in [-0.25, -0.2) is 8.42 Å². The van der Waals surface area contributed by atoms with E-state index < -0.39 is 9.84 Å². The van der Waals surface area contributed by atoms with Crippen molar-refractivity contribution in [2.45, 2.75) is 39.2 Å². The number of sulfone groups is 1. The van der Waals surface area contributed by atoms with Gasteiger partial charge in [0.1, 0.15) is 15.7 Å². The second kappa shape index (κ2) is 4.57. The third kappa shape index (κ3) is 3.67. The highest BCUT2D eigenvalue weighted by molar-refractivity contribution is 7.90. The Morgan fingerprint density at radius 3 is 2.29 bits per heavy atom. The fraction of sp³-hybridized carbons (Fsp3) is 0.800. The highest BCUT2D eigenvalue weighted by Crippen LogP contribution is 2.26. The van der Waals surface area contributed by atoms with Gasteiger partial charge < -0.3 is 0 Å². The van der Waals surface area contributed by atoms with E-state index in [2.05, 4.69) is 10.2 Å². The molecule has 0 aliphatic rings. The van der Waals surface area contributed by atoms with Crippen LogP contribution in [-0.4, -0.2) is 35.2 Å². The fourth-order valence-electron chi connectivity index (χ4n) is 1.69. The van der Waals surface area contributed by atoms with Crippen molar-refractivity contribution in [1.29, 1.82) is 0 Å². The molecule has 17 heavy (non-hydrogen) atoms. The third-order valence-corrected chi connectivity index (χ3v) is 3.66. The van der Waals surface area contributed by atoms with Crippen LogP contribution in [0, 0.1) is 0 Å². The van der Waals surface area contributed by atoms with Crippen molar-refractivity contribution in [3.05, 3.63) is 11.1 Å². The maximum absolute atomic E-state index is 11.3. The van der Waals surface area contributed by atoms with E-state index in [1.807, 2.05) is 20.8 Å². The van der Waals surface area contributed by atoms with Crippen LogP contribution in [0.4, 0.5) is 0 Å². The molecule has 0 saturated heterocycles. The number of rotatable bonds is 3. The van der Waals surface area contributed by atoms with E-state index in [9.17, 15) is 8.42 Å². The SMILES string of the molecule is CC(CS(C)(=O)=O)n1c(Cl)nnc1C(C)(C)C. The topological polar surface area (TPSA) is 64.8 Å². The molecule has 0 saturated carbocycles. The maximum Gasteiger partial charge on any atom is 0.225 e. The summed E-state index contributed by atoms with van der Waals surface area (Å²) < 4.78 is 24.3. The van der Waals surface area contributed by atoms with Gasteiger partial charge in [-0.1, -0.05) is 20.8 Å². The molecular weight excluding hydrogens is 262 g/mol. The molecule has 1 aromatic rings. The molecule has 0 radical (unpaired) electrons. The summed E-state index contributed by atoms with van der Waals surface area (Å²) in [5, 5.41) is 8.07. The first-order valence-electron chi connectivity index (χ1n) is 5.31. The molecule has 0 amide bonds. The Bertz CT molecular complexity index is 502. The summed E-state index contributed by atoms with van der Waals surface area (Å²) in [7, 11) is -3.06. The molecule has 0 aliphatic heterocycles. The van der Waals surface area contributed by atoms with E-state index >= 15 is 0 Å². The second-order valence-corrected chi connectivity index (χ2v) is 7.88. The van der Waals surface area contributed by atoms with Gasteiger partial charge in [-0.05, 0) is 18.5 Å². The molecule has 1 heterocycles. The number of aromatic nitrogens is 3. The summed E-state index contributed by atoms with van der Waals surface area (Å²) in [6.45, 7) is 7.75. The number of halogens is 1. The van der Waals surface area contributed by atoms with Crippen LogP contribution in [0.1, 0.15) is 39.6 Å². The zero-order valence-electron chi connectivity index (χ0n) is 10.7. The molecule has 98 valence electrons. The summed E-state index contributed by atoms with van der Waals surface area (Å²) in [4.78, 5) is 0. The minimum Gasteiger partial charge on any atom is -0.297 e. The summed E-state index contributed by atoms with van der Waals surface area (Å²) in [6.07, 6.45) is 1.21. The first kappa shape index (κ1) is 14.4. The van der Waals surface area contributed by atoms with Gasteiger partial charge in [0, 0.05) is 17.7 Å². The van der Waals surface area contributed by atoms with Crippen LogP contribution in [0.15, 0.2) is 0 Å². The van der Waals surface area contributed by atoms with E-state index in [0.717, 1.165) is 0 Å². The average molecular weight is 280 g/mol. The van der Waals surface area contributed by atoms with Gasteiger partial charge in [0.05, 0.1) is 5.75 Å². The minimum atomic E-state index is -3.06. The minimum absolute atomic E-state index is 0.0217. The summed E-state index contributed by atoms with van der Waals surface area (Å²) in [6, 6.07) is -0.276. The van der Waals surface area contributed by atoms with E-state index in [4.69, 9.17) is 11.6 Å². The summed E-state index contributed by atoms with van der Waals surface area (Å²) >= 11 is 5.97. The largest absolute Gasteiger partial charge is 0.297 e. The van der Waals surface area contributed by atoms with Gasteiger partial charge in [0.15, 0.2) is 0 Å². The van der Waals surface area contributed by atoms with Crippen LogP contribution >= 0.6 is 11.6 Å². The predicted molar refractivity (Wildman–Crippen MR) is 68.2 cm³/mol. The van der Waals surface area contributed by atoms with Gasteiger partial charge in [-0.15, -0.1) is 10.2 Å². The zero-order valence-corrected chi connectivity index (χ0v) is 12.3. The second-order valence-electron chi connectivity index (χ2n) is 5.35. The molecule has 1 unspecified atom stereocenters. The lowest BCUT2D eigenvalue weighted by Gasteiger charge is -2.22. The third-order valence-electron chi connectivity index (χ3n) is 2.31. The molecule has 1 atom stereocenters. The molecule has 7 heteroatoms. The lowest BCUT2D eigenvalue weighted by Crippen LogP contribution is -2.24. The zero-order chi connectivity index (χ0) is 13.4. The van der Waals surface area contributed by atoms with Crippen LogP contribution in [0.2, 0.25) is 5.28 Å². The normalized spacial score (nSPS) is 14.9. The summed E-state index contributed by atoms with van der Waals surface area (Å²) in [5.74, 6) is 0.715. The van der Waals surface area contributed by atoms with Crippen LogP contribution in [-0.2, 0) is 15.3 Å². The fourth-order valence-corrected chi connectivity index (χ4v) is 3.00. The van der Waals surface area contributed by atoms with Crippen molar-refractivity contribution in [2.24, 2.45) is 0 Å². The maximum atomic E-state index is 11.3. The van der Waals surface area contributed by atoms with E-state index in [1.165, 1.54) is 6.26 Å². The Labute approximate surface area is 107 Å². The van der Waals surface area contributed by atoms with Crippen molar-refractivity contribution >= 4 is 21.4 Å². The van der Waals surface area contributed by atoms with Crippen molar-refractivity contribution in [1.82, 2.24) is 14.8 Å².